The van der Waals surface area contributed by atoms with E-state index in [0.717, 1.165) is 0 Å². The van der Waals surface area contributed by atoms with E-state index < -0.39 is 18.0 Å². The van der Waals surface area contributed by atoms with Gasteiger partial charge in [-0.3, -0.25) is 0 Å². The molecular formula is C17H20N2O5S. The lowest BCUT2D eigenvalue weighted by Crippen LogP contribution is -2.45. The Labute approximate surface area is 151 Å². The smallest absolute Gasteiger partial charge is 0.344 e. The average molecular weight is 364 g/mol. The van der Waals surface area contributed by atoms with Crippen molar-refractivity contribution in [2.24, 2.45) is 0 Å². The number of para-hydroxylation sites is 1. The van der Waals surface area contributed by atoms with Crippen LogP contribution in [0.25, 0.3) is 0 Å². The number of allylic oxidation sites excluding steroid dienone is 1. The van der Waals surface area contributed by atoms with Crippen molar-refractivity contribution in [2.45, 2.75) is 19.9 Å². The Morgan fingerprint density at radius 2 is 2.00 bits per heavy atom. The van der Waals surface area contributed by atoms with Crippen LogP contribution >= 0.6 is 12.2 Å². The van der Waals surface area contributed by atoms with Crippen LogP contribution in [0.15, 0.2) is 35.5 Å². The zero-order chi connectivity index (χ0) is 18.4. The largest absolute Gasteiger partial charge is 0.482 e. The molecule has 0 radical (unpaired) electrons. The Morgan fingerprint density at radius 1 is 1.28 bits per heavy atom. The van der Waals surface area contributed by atoms with E-state index in [-0.39, 0.29) is 13.2 Å². The Kier molecular flexibility index (Phi) is 6.35. The number of rotatable bonds is 6. The molecule has 0 saturated heterocycles. The SMILES string of the molecule is CCOC(=O)COc1ccccc1[C@H]1NC(=S)NC(C)=C1C(=O)OC. The Balaban J connectivity index is 2.35. The lowest BCUT2D eigenvalue weighted by Gasteiger charge is -2.30. The topological polar surface area (TPSA) is 85.9 Å². The third-order valence-corrected chi connectivity index (χ3v) is 3.78. The first kappa shape index (κ1) is 18.7. The fourth-order valence-corrected chi connectivity index (χ4v) is 2.77. The predicted molar refractivity (Wildman–Crippen MR) is 94.9 cm³/mol. The van der Waals surface area contributed by atoms with Gasteiger partial charge in [0, 0.05) is 11.3 Å². The molecule has 1 aliphatic heterocycles. The quantitative estimate of drug-likeness (QED) is 0.581. The van der Waals surface area contributed by atoms with Gasteiger partial charge in [-0.05, 0) is 32.1 Å². The Bertz CT molecular complexity index is 717. The maximum atomic E-state index is 12.2. The van der Waals surface area contributed by atoms with E-state index in [1.54, 1.807) is 32.0 Å². The lowest BCUT2D eigenvalue weighted by atomic mass is 9.95. The van der Waals surface area contributed by atoms with Gasteiger partial charge in [0.15, 0.2) is 11.7 Å². The van der Waals surface area contributed by atoms with Crippen molar-refractivity contribution < 1.29 is 23.8 Å². The minimum atomic E-state index is -0.556. The maximum Gasteiger partial charge on any atom is 0.344 e. The molecule has 25 heavy (non-hydrogen) atoms. The van der Waals surface area contributed by atoms with Crippen LogP contribution in [0.5, 0.6) is 5.75 Å². The van der Waals surface area contributed by atoms with Gasteiger partial charge in [0.25, 0.3) is 0 Å². The van der Waals surface area contributed by atoms with Crippen molar-refractivity contribution in [1.29, 1.82) is 0 Å². The summed E-state index contributed by atoms with van der Waals surface area (Å²) in [4.78, 5) is 23.8. The van der Waals surface area contributed by atoms with Crippen molar-refractivity contribution >= 4 is 29.3 Å². The van der Waals surface area contributed by atoms with Gasteiger partial charge in [0.1, 0.15) is 5.75 Å². The minimum absolute atomic E-state index is 0.226. The molecule has 0 aliphatic carbocycles. The van der Waals surface area contributed by atoms with E-state index >= 15 is 0 Å². The van der Waals surface area contributed by atoms with Gasteiger partial charge < -0.3 is 24.8 Å². The van der Waals surface area contributed by atoms with E-state index in [1.165, 1.54) is 7.11 Å². The molecule has 1 aromatic carbocycles. The van der Waals surface area contributed by atoms with Gasteiger partial charge in [-0.1, -0.05) is 18.2 Å². The molecule has 2 rings (SSSR count). The fourth-order valence-electron chi connectivity index (χ4n) is 2.50. The zero-order valence-electron chi connectivity index (χ0n) is 14.3. The van der Waals surface area contributed by atoms with E-state index in [2.05, 4.69) is 10.6 Å². The van der Waals surface area contributed by atoms with Crippen molar-refractivity contribution in [2.75, 3.05) is 20.3 Å². The maximum absolute atomic E-state index is 12.2. The van der Waals surface area contributed by atoms with Gasteiger partial charge in [0.05, 0.1) is 25.3 Å². The highest BCUT2D eigenvalue weighted by molar-refractivity contribution is 7.80. The molecule has 134 valence electrons. The van der Waals surface area contributed by atoms with Crippen LogP contribution in [0.4, 0.5) is 0 Å². The van der Waals surface area contributed by atoms with Gasteiger partial charge >= 0.3 is 11.9 Å². The molecule has 1 atom stereocenters. The van der Waals surface area contributed by atoms with Crippen LogP contribution in [-0.2, 0) is 19.1 Å². The molecule has 0 aromatic heterocycles. The van der Waals surface area contributed by atoms with Gasteiger partial charge in [-0.2, -0.15) is 0 Å². The first-order chi connectivity index (χ1) is 12.0. The highest BCUT2D eigenvalue weighted by Crippen LogP contribution is 2.33. The van der Waals surface area contributed by atoms with Gasteiger partial charge in [-0.25, -0.2) is 9.59 Å². The molecule has 0 bridgehead atoms. The number of hydrogen-bond acceptors (Lipinski definition) is 6. The van der Waals surface area contributed by atoms with Crippen LogP contribution in [0.3, 0.4) is 0 Å². The van der Waals surface area contributed by atoms with Gasteiger partial charge in [0.2, 0.25) is 0 Å². The summed E-state index contributed by atoms with van der Waals surface area (Å²) >= 11 is 5.20. The average Bonchev–Trinajstić information content (AvgIpc) is 2.59. The van der Waals surface area contributed by atoms with Crippen molar-refractivity contribution in [1.82, 2.24) is 10.6 Å². The van der Waals surface area contributed by atoms with E-state index in [1.807, 2.05) is 6.07 Å². The lowest BCUT2D eigenvalue weighted by molar-refractivity contribution is -0.145. The monoisotopic (exact) mass is 364 g/mol. The van der Waals surface area contributed by atoms with Crippen molar-refractivity contribution in [3.05, 3.63) is 41.1 Å². The van der Waals surface area contributed by atoms with Crippen LogP contribution in [0.2, 0.25) is 0 Å². The Morgan fingerprint density at radius 3 is 2.68 bits per heavy atom. The number of ether oxygens (including phenoxy) is 3. The summed E-state index contributed by atoms with van der Waals surface area (Å²) in [7, 11) is 1.32. The Hall–Kier alpha value is -2.61. The van der Waals surface area contributed by atoms with Crippen molar-refractivity contribution in [3.63, 3.8) is 0 Å². The molecule has 1 heterocycles. The minimum Gasteiger partial charge on any atom is -0.482 e. The van der Waals surface area contributed by atoms with Crippen LogP contribution in [0.1, 0.15) is 25.5 Å². The second-order valence-corrected chi connectivity index (χ2v) is 5.60. The van der Waals surface area contributed by atoms with E-state index in [0.29, 0.717) is 27.7 Å². The summed E-state index contributed by atoms with van der Waals surface area (Å²) in [6.07, 6.45) is 0. The molecule has 0 unspecified atom stereocenters. The molecule has 1 aliphatic rings. The molecule has 0 fully saturated rings. The summed E-state index contributed by atoms with van der Waals surface area (Å²) in [5.74, 6) is -0.497. The molecule has 0 amide bonds. The third kappa shape index (κ3) is 4.48. The zero-order valence-corrected chi connectivity index (χ0v) is 15.1. The summed E-state index contributed by atoms with van der Waals surface area (Å²) < 4.78 is 15.3. The number of methoxy groups -OCH3 is 1. The molecule has 0 spiro atoms. The van der Waals surface area contributed by atoms with Gasteiger partial charge in [-0.15, -0.1) is 0 Å². The first-order valence-corrected chi connectivity index (χ1v) is 8.12. The highest BCUT2D eigenvalue weighted by Gasteiger charge is 2.32. The molecule has 7 nitrogen and oxygen atoms in total. The summed E-state index contributed by atoms with van der Waals surface area (Å²) in [6, 6.07) is 6.54. The molecule has 2 N–H and O–H groups in total. The molecule has 0 saturated carbocycles. The number of carbonyl (C=O) groups excluding carboxylic acids is 2. The summed E-state index contributed by atoms with van der Waals surface area (Å²) in [6.45, 7) is 3.52. The van der Waals surface area contributed by atoms with Crippen LogP contribution in [-0.4, -0.2) is 37.4 Å². The van der Waals surface area contributed by atoms with Crippen molar-refractivity contribution in [3.8, 4) is 5.75 Å². The van der Waals surface area contributed by atoms with E-state index in [4.69, 9.17) is 26.4 Å². The first-order valence-electron chi connectivity index (χ1n) is 7.71. The number of nitrogens with one attached hydrogen (secondary N) is 2. The second kappa shape index (κ2) is 8.48. The molecular weight excluding hydrogens is 344 g/mol. The summed E-state index contributed by atoms with van der Waals surface area (Å²) in [5.41, 5.74) is 1.65. The fraction of sp³-hybridized carbons (Fsp3) is 0.353. The number of hydrogen-bond donors (Lipinski definition) is 2. The number of esters is 2. The normalized spacial score (nSPS) is 16.6. The van der Waals surface area contributed by atoms with Crippen LogP contribution in [0, 0.1) is 0 Å². The second-order valence-electron chi connectivity index (χ2n) is 5.19. The molecule has 1 aromatic rings. The number of carbonyl (C=O) groups is 2. The number of benzene rings is 1. The summed E-state index contributed by atoms with van der Waals surface area (Å²) in [5, 5.41) is 6.35. The third-order valence-electron chi connectivity index (χ3n) is 3.56. The number of thiocarbonyl (C=S) groups is 1. The standard InChI is InChI=1S/C17H20N2O5S/c1-4-23-13(20)9-24-12-8-6-5-7-11(12)15-14(16(21)22-3)10(2)18-17(25)19-15/h5-8,15H,4,9H2,1-3H3,(H2,18,19,25)/t15-/m1/s1. The molecule has 8 heteroatoms. The highest BCUT2D eigenvalue weighted by atomic mass is 32.1. The van der Waals surface area contributed by atoms with E-state index in [9.17, 15) is 9.59 Å². The predicted octanol–water partition coefficient (Wildman–Crippen LogP) is 1.59. The van der Waals surface area contributed by atoms with Crippen LogP contribution < -0.4 is 15.4 Å².